The Hall–Kier alpha value is -7.35. The highest BCUT2D eigenvalue weighted by atomic mass is 32.2. The summed E-state index contributed by atoms with van der Waals surface area (Å²) in [6.07, 6.45) is 6.27. The summed E-state index contributed by atoms with van der Waals surface area (Å²) in [4.78, 5) is 31.1. The van der Waals surface area contributed by atoms with Crippen LogP contribution in [0.25, 0.3) is 22.0 Å². The van der Waals surface area contributed by atoms with Crippen molar-refractivity contribution < 1.29 is 22.7 Å². The number of anilines is 1. The van der Waals surface area contributed by atoms with Crippen LogP contribution in [0.5, 0.6) is 0 Å². The van der Waals surface area contributed by atoms with Gasteiger partial charge in [0, 0.05) is 43.0 Å². The third kappa shape index (κ3) is 8.81. The number of carbonyl (C=O) groups is 2. The molecule has 0 aliphatic carbocycles. The van der Waals surface area contributed by atoms with Gasteiger partial charge in [-0.2, -0.15) is 9.82 Å². The Morgan fingerprint density at radius 1 is 0.750 bits per heavy atom. The number of imidazole rings is 1. The molecule has 1 amide bonds. The lowest BCUT2D eigenvalue weighted by molar-refractivity contribution is -0.142. The van der Waals surface area contributed by atoms with Gasteiger partial charge in [-0.05, 0) is 77.4 Å². The lowest BCUT2D eigenvalue weighted by Gasteiger charge is -2.38. The van der Waals surface area contributed by atoms with Crippen LogP contribution in [0.15, 0.2) is 175 Å². The summed E-state index contributed by atoms with van der Waals surface area (Å²) >= 11 is 0. The first-order valence-electron chi connectivity index (χ1n) is 21.0. The number of nitrogens with one attached hydrogen (secondary N) is 3. The van der Waals surface area contributed by atoms with E-state index in [4.69, 9.17) is 9.72 Å². The summed E-state index contributed by atoms with van der Waals surface area (Å²) in [7, 11) is -3.03. The van der Waals surface area contributed by atoms with Crippen LogP contribution < -0.4 is 15.4 Å². The van der Waals surface area contributed by atoms with Gasteiger partial charge in [-0.1, -0.05) is 133 Å². The molecule has 8 aromatic rings. The topological polar surface area (TPSA) is 149 Å². The average molecular weight is 872 g/mol. The van der Waals surface area contributed by atoms with Crippen molar-refractivity contribution in [3.63, 3.8) is 0 Å². The summed E-state index contributed by atoms with van der Waals surface area (Å²) < 4.78 is 39.0. The number of benzene rings is 6. The van der Waals surface area contributed by atoms with Crippen LogP contribution in [0.4, 0.5) is 5.95 Å². The number of sulfonamides is 1. The number of aromatic nitrogens is 4. The Bertz CT molecular complexity index is 2870. The van der Waals surface area contributed by atoms with Crippen LogP contribution in [0.2, 0.25) is 0 Å². The van der Waals surface area contributed by atoms with Gasteiger partial charge in [0.15, 0.2) is 0 Å². The van der Waals surface area contributed by atoms with Crippen LogP contribution in [0.3, 0.4) is 0 Å². The lowest BCUT2D eigenvalue weighted by atomic mass is 9.76. The summed E-state index contributed by atoms with van der Waals surface area (Å²) in [5.41, 5.74) is 6.64. The van der Waals surface area contributed by atoms with Crippen LogP contribution in [-0.2, 0) is 31.6 Å². The van der Waals surface area contributed by atoms with E-state index in [0.29, 0.717) is 29.8 Å². The summed E-state index contributed by atoms with van der Waals surface area (Å²) in [6, 6.07) is 48.5. The maximum absolute atomic E-state index is 13.7. The van der Waals surface area contributed by atoms with E-state index in [1.165, 1.54) is 7.11 Å². The predicted molar refractivity (Wildman–Crippen MR) is 249 cm³/mol. The zero-order valence-electron chi connectivity index (χ0n) is 35.8. The van der Waals surface area contributed by atoms with Gasteiger partial charge in [0.2, 0.25) is 16.0 Å². The smallest absolute Gasteiger partial charge is 0.325 e. The van der Waals surface area contributed by atoms with E-state index in [1.54, 1.807) is 44.3 Å². The second kappa shape index (κ2) is 19.0. The van der Waals surface area contributed by atoms with Crippen molar-refractivity contribution in [1.82, 2.24) is 29.4 Å². The van der Waals surface area contributed by atoms with Crippen LogP contribution in [0.1, 0.15) is 44.6 Å². The molecule has 1 atom stereocenters. The van der Waals surface area contributed by atoms with E-state index >= 15 is 0 Å². The van der Waals surface area contributed by atoms with E-state index in [0.717, 1.165) is 51.1 Å². The number of ether oxygens (including phenoxy) is 1. The molecule has 0 radical (unpaired) electrons. The zero-order chi connectivity index (χ0) is 44.7. The molecule has 0 saturated heterocycles. The highest BCUT2D eigenvalue weighted by Gasteiger charge is 2.39. The maximum atomic E-state index is 13.7. The van der Waals surface area contributed by atoms with E-state index < -0.39 is 33.5 Å². The minimum Gasteiger partial charge on any atom is -0.468 e. The van der Waals surface area contributed by atoms with Gasteiger partial charge >= 0.3 is 5.97 Å². The van der Waals surface area contributed by atoms with Crippen molar-refractivity contribution in [2.75, 3.05) is 25.5 Å². The van der Waals surface area contributed by atoms with Gasteiger partial charge in [0.05, 0.1) is 23.7 Å². The van der Waals surface area contributed by atoms with Gasteiger partial charge in [0.1, 0.15) is 11.6 Å². The number of carbonyl (C=O) groups excluding carboxylic acids is 2. The Morgan fingerprint density at radius 3 is 1.91 bits per heavy atom. The van der Waals surface area contributed by atoms with Crippen molar-refractivity contribution in [1.29, 1.82) is 0 Å². The fourth-order valence-electron chi connectivity index (χ4n) is 8.53. The zero-order valence-corrected chi connectivity index (χ0v) is 36.6. The fourth-order valence-corrected chi connectivity index (χ4v) is 10.2. The monoisotopic (exact) mass is 871 g/mol. The first kappa shape index (κ1) is 43.3. The minimum atomic E-state index is -4.20. The third-order valence-electron chi connectivity index (χ3n) is 11.4. The van der Waals surface area contributed by atoms with Crippen LogP contribution in [-0.4, -0.2) is 65.9 Å². The molecular weight excluding hydrogens is 823 g/mol. The molecule has 0 unspecified atom stereocenters. The number of esters is 1. The third-order valence-corrected chi connectivity index (χ3v) is 13.2. The molecule has 0 bridgehead atoms. The van der Waals surface area contributed by atoms with Crippen LogP contribution >= 0.6 is 0 Å². The second-order valence-electron chi connectivity index (χ2n) is 15.6. The molecule has 12 nitrogen and oxygen atoms in total. The lowest BCUT2D eigenvalue weighted by Crippen LogP contribution is -2.49. The molecule has 8 rings (SSSR count). The van der Waals surface area contributed by atoms with E-state index in [9.17, 15) is 18.0 Å². The minimum absolute atomic E-state index is 0.0631. The molecular formula is C51H49N7O5S. The predicted octanol–water partition coefficient (Wildman–Crippen LogP) is 8.11. The van der Waals surface area contributed by atoms with E-state index in [1.807, 2.05) is 71.7 Å². The average Bonchev–Trinajstić information content (AvgIpc) is 3.97. The molecule has 0 aliphatic heterocycles. The highest BCUT2D eigenvalue weighted by Crippen LogP contribution is 2.42. The second-order valence-corrected chi connectivity index (χ2v) is 17.2. The summed E-state index contributed by atoms with van der Waals surface area (Å²) in [6.45, 7) is 4.29. The maximum Gasteiger partial charge on any atom is 0.325 e. The molecule has 0 spiro atoms. The van der Waals surface area contributed by atoms with Crippen molar-refractivity contribution in [2.45, 2.75) is 43.3 Å². The summed E-state index contributed by atoms with van der Waals surface area (Å²) in [5, 5.41) is 11.7. The van der Waals surface area contributed by atoms with E-state index in [-0.39, 0.29) is 11.4 Å². The quantitative estimate of drug-likeness (QED) is 0.0472. The highest BCUT2D eigenvalue weighted by molar-refractivity contribution is 7.89. The number of aryl methyl sites for hydroxylation is 3. The molecule has 2 aromatic heterocycles. The normalized spacial score (nSPS) is 12.2. The van der Waals surface area contributed by atoms with Crippen molar-refractivity contribution in [3.8, 4) is 11.1 Å². The number of methoxy groups -OCH3 is 1. The largest absolute Gasteiger partial charge is 0.468 e. The molecule has 324 valence electrons. The van der Waals surface area contributed by atoms with Gasteiger partial charge in [-0.15, -0.1) is 0 Å². The van der Waals surface area contributed by atoms with Crippen molar-refractivity contribution in [2.24, 2.45) is 0 Å². The molecule has 2 heterocycles. The summed E-state index contributed by atoms with van der Waals surface area (Å²) in [5.74, 6) is -0.597. The number of fused-ring (bicyclic) bond motifs is 1. The van der Waals surface area contributed by atoms with Gasteiger partial charge in [0.25, 0.3) is 5.91 Å². The molecule has 6 aromatic carbocycles. The standard InChI is InChI=1S/C51H49N7O5S/c1-36-31-40(38-17-8-4-9-18-38)32-37(2)47(36)64(61,62)56-45(49(60)63-3)35-54-48(59)39-25-26-46-41(33-39)34-55-58(46)29-16-27-52-50-53-28-30-57(50)51(42-19-10-5-11-20-42,43-21-12-6-13-22-43)44-23-14-7-15-24-44/h4-15,17-26,28,30-34,45,56H,16,27,29,35H2,1-3H3,(H,52,53)(H,54,59)/t45-/m0/s1. The Balaban J connectivity index is 0.929. The molecule has 0 saturated carbocycles. The van der Waals surface area contributed by atoms with Gasteiger partial charge in [-0.25, -0.2) is 13.4 Å². The number of hydrogen-bond acceptors (Lipinski definition) is 8. The number of amides is 1. The van der Waals surface area contributed by atoms with Crippen LogP contribution in [0, 0.1) is 13.8 Å². The molecule has 3 N–H and O–H groups in total. The SMILES string of the molecule is COC(=O)[C@H](CNC(=O)c1ccc2c(cnn2CCCNc2nccn2C(c2ccccc2)(c2ccccc2)c2ccccc2)c1)NS(=O)(=O)c1c(C)cc(-c2ccccc2)cc1C. The first-order valence-corrected chi connectivity index (χ1v) is 22.5. The molecule has 0 aliphatic rings. The number of rotatable bonds is 17. The van der Waals surface area contributed by atoms with Gasteiger partial charge in [-0.3, -0.25) is 18.8 Å². The Labute approximate surface area is 373 Å². The van der Waals surface area contributed by atoms with E-state index in [2.05, 4.69) is 97.8 Å². The van der Waals surface area contributed by atoms with Crippen molar-refractivity contribution in [3.05, 3.63) is 204 Å². The Kier molecular flexibility index (Phi) is 12.8. The number of nitrogens with zero attached hydrogens (tertiary/aromatic N) is 4. The van der Waals surface area contributed by atoms with Gasteiger partial charge < -0.3 is 15.4 Å². The molecule has 13 heteroatoms. The fraction of sp³-hybridized carbons (Fsp3) is 0.176. The Morgan fingerprint density at radius 2 is 1.33 bits per heavy atom. The number of hydrogen-bond donors (Lipinski definition) is 3. The first-order chi connectivity index (χ1) is 31.1. The molecule has 64 heavy (non-hydrogen) atoms. The van der Waals surface area contributed by atoms with Crippen molar-refractivity contribution >= 4 is 38.8 Å². The molecule has 0 fully saturated rings.